The van der Waals surface area contributed by atoms with Crippen molar-refractivity contribution >= 4 is 17.7 Å². The van der Waals surface area contributed by atoms with Gasteiger partial charge in [-0.05, 0) is 58.2 Å². The Bertz CT molecular complexity index is 1000. The summed E-state index contributed by atoms with van der Waals surface area (Å²) < 4.78 is 6.91. The lowest BCUT2D eigenvalue weighted by Crippen LogP contribution is -2.45. The minimum atomic E-state index is -0.905. The predicted molar refractivity (Wildman–Crippen MR) is 125 cm³/mol. The van der Waals surface area contributed by atoms with Crippen molar-refractivity contribution in [1.82, 2.24) is 9.88 Å². The number of carbonyl (C=O) groups is 2. The SMILES string of the molecule is CC(N)=NCCC[C@H](NC(=O)c1cccn(Cc2ccccc2)c1=O)C(=O)OC(C)(C)C. The van der Waals surface area contributed by atoms with Crippen LogP contribution in [0.4, 0.5) is 0 Å². The van der Waals surface area contributed by atoms with Gasteiger partial charge in [0.25, 0.3) is 11.5 Å². The first-order chi connectivity index (χ1) is 15.1. The highest BCUT2D eigenvalue weighted by Crippen LogP contribution is 2.11. The molecule has 1 atom stereocenters. The number of hydrogen-bond donors (Lipinski definition) is 2. The van der Waals surface area contributed by atoms with Crippen LogP contribution in [-0.4, -0.2) is 40.5 Å². The van der Waals surface area contributed by atoms with Gasteiger partial charge < -0.3 is 20.4 Å². The van der Waals surface area contributed by atoms with E-state index in [4.69, 9.17) is 10.5 Å². The summed E-state index contributed by atoms with van der Waals surface area (Å²) in [5, 5.41) is 2.67. The van der Waals surface area contributed by atoms with E-state index in [1.807, 2.05) is 30.3 Å². The number of pyridine rings is 1. The second kappa shape index (κ2) is 11.3. The molecule has 1 aromatic carbocycles. The Morgan fingerprint density at radius 1 is 1.16 bits per heavy atom. The van der Waals surface area contributed by atoms with Crippen LogP contribution >= 0.6 is 0 Å². The Labute approximate surface area is 188 Å². The molecule has 8 nitrogen and oxygen atoms in total. The molecule has 32 heavy (non-hydrogen) atoms. The van der Waals surface area contributed by atoms with Gasteiger partial charge in [-0.1, -0.05) is 30.3 Å². The zero-order valence-corrected chi connectivity index (χ0v) is 19.1. The molecule has 3 N–H and O–H groups in total. The fourth-order valence-corrected chi connectivity index (χ4v) is 3.02. The number of amides is 1. The van der Waals surface area contributed by atoms with Gasteiger partial charge in [-0.3, -0.25) is 14.6 Å². The van der Waals surface area contributed by atoms with Crippen molar-refractivity contribution < 1.29 is 14.3 Å². The lowest BCUT2D eigenvalue weighted by atomic mass is 10.1. The Hall–Kier alpha value is -3.42. The molecule has 0 aliphatic heterocycles. The Morgan fingerprint density at radius 3 is 2.47 bits per heavy atom. The molecule has 172 valence electrons. The number of benzene rings is 1. The minimum absolute atomic E-state index is 0.0344. The minimum Gasteiger partial charge on any atom is -0.458 e. The number of nitrogens with two attached hydrogens (primary N) is 1. The molecule has 0 unspecified atom stereocenters. The van der Waals surface area contributed by atoms with E-state index >= 15 is 0 Å². The van der Waals surface area contributed by atoms with Crippen molar-refractivity contribution in [2.75, 3.05) is 6.54 Å². The number of aliphatic imine (C=N–C) groups is 1. The highest BCUT2D eigenvalue weighted by molar-refractivity contribution is 5.96. The first-order valence-electron chi connectivity index (χ1n) is 10.6. The van der Waals surface area contributed by atoms with E-state index in [0.29, 0.717) is 31.8 Å². The number of esters is 1. The summed E-state index contributed by atoms with van der Waals surface area (Å²) in [5.41, 5.74) is 5.31. The molecule has 8 heteroatoms. The second-order valence-electron chi connectivity index (χ2n) is 8.57. The third-order valence-electron chi connectivity index (χ3n) is 4.47. The van der Waals surface area contributed by atoms with E-state index in [1.54, 1.807) is 40.0 Å². The largest absolute Gasteiger partial charge is 0.458 e. The standard InChI is InChI=1S/C24H32N4O4/c1-17(25)26-14-8-13-20(23(31)32-24(2,3)4)27-21(29)19-12-9-15-28(22(19)30)16-18-10-6-5-7-11-18/h5-7,9-12,15,20H,8,13-14,16H2,1-4H3,(H2,25,26)(H,27,29)/t20-/m0/s1. The van der Waals surface area contributed by atoms with Gasteiger partial charge in [0.15, 0.2) is 0 Å². The van der Waals surface area contributed by atoms with E-state index in [9.17, 15) is 14.4 Å². The average molecular weight is 441 g/mol. The van der Waals surface area contributed by atoms with Crippen molar-refractivity contribution in [3.05, 3.63) is 70.1 Å². The van der Waals surface area contributed by atoms with Gasteiger partial charge in [0.2, 0.25) is 0 Å². The zero-order valence-electron chi connectivity index (χ0n) is 19.1. The molecule has 0 radical (unpaired) electrons. The van der Waals surface area contributed by atoms with Crippen molar-refractivity contribution in [3.63, 3.8) is 0 Å². The van der Waals surface area contributed by atoms with Crippen LogP contribution in [0.15, 0.2) is 58.4 Å². The van der Waals surface area contributed by atoms with Gasteiger partial charge in [-0.15, -0.1) is 0 Å². The van der Waals surface area contributed by atoms with Gasteiger partial charge in [0.1, 0.15) is 17.2 Å². The first-order valence-corrected chi connectivity index (χ1v) is 10.6. The number of hydrogen-bond acceptors (Lipinski definition) is 5. The smallest absolute Gasteiger partial charge is 0.329 e. The van der Waals surface area contributed by atoms with E-state index in [1.165, 1.54) is 10.6 Å². The molecule has 0 spiro atoms. The fourth-order valence-electron chi connectivity index (χ4n) is 3.02. The number of carbonyl (C=O) groups excluding carboxylic acids is 2. The van der Waals surface area contributed by atoms with E-state index in [2.05, 4.69) is 10.3 Å². The predicted octanol–water partition coefficient (Wildman–Crippen LogP) is 2.49. The summed E-state index contributed by atoms with van der Waals surface area (Å²) in [6.07, 6.45) is 2.46. The second-order valence-corrected chi connectivity index (χ2v) is 8.57. The number of amidine groups is 1. The van der Waals surface area contributed by atoms with Crippen molar-refractivity contribution in [2.45, 2.75) is 58.7 Å². The summed E-state index contributed by atoms with van der Waals surface area (Å²) in [4.78, 5) is 42.6. The normalized spacial score (nSPS) is 12.8. The molecule has 0 bridgehead atoms. The molecular formula is C24H32N4O4. The average Bonchev–Trinajstić information content (AvgIpc) is 2.71. The number of aromatic nitrogens is 1. The summed E-state index contributed by atoms with van der Waals surface area (Å²) in [6, 6.07) is 11.7. The fraction of sp³-hybridized carbons (Fsp3) is 0.417. The summed E-state index contributed by atoms with van der Waals surface area (Å²) >= 11 is 0. The summed E-state index contributed by atoms with van der Waals surface area (Å²) in [6.45, 7) is 7.71. The monoisotopic (exact) mass is 440 g/mol. The third kappa shape index (κ3) is 8.02. The van der Waals surface area contributed by atoms with Crippen molar-refractivity contribution in [1.29, 1.82) is 0 Å². The van der Waals surface area contributed by atoms with Gasteiger partial charge in [-0.25, -0.2) is 4.79 Å². The molecule has 0 aliphatic carbocycles. The van der Waals surface area contributed by atoms with Crippen LogP contribution in [0.5, 0.6) is 0 Å². The quantitative estimate of drug-likeness (QED) is 0.269. The summed E-state index contributed by atoms with van der Waals surface area (Å²) in [5.74, 6) is -0.724. The number of ether oxygens (including phenoxy) is 1. The maximum atomic E-state index is 12.9. The topological polar surface area (TPSA) is 116 Å². The van der Waals surface area contributed by atoms with Gasteiger partial charge in [0.05, 0.1) is 12.4 Å². The van der Waals surface area contributed by atoms with Crippen molar-refractivity contribution in [2.24, 2.45) is 10.7 Å². The molecule has 2 aromatic rings. The third-order valence-corrected chi connectivity index (χ3v) is 4.47. The number of nitrogens with one attached hydrogen (secondary N) is 1. The molecule has 1 heterocycles. The van der Waals surface area contributed by atoms with Crippen LogP contribution in [0.25, 0.3) is 0 Å². The van der Waals surface area contributed by atoms with Crippen molar-refractivity contribution in [3.8, 4) is 0 Å². The van der Waals surface area contributed by atoms with Gasteiger partial charge in [0, 0.05) is 12.7 Å². The zero-order chi connectivity index (χ0) is 23.7. The van der Waals surface area contributed by atoms with Crippen LogP contribution in [0.1, 0.15) is 56.5 Å². The highest BCUT2D eigenvalue weighted by atomic mass is 16.6. The van der Waals surface area contributed by atoms with Crippen LogP contribution in [0, 0.1) is 0 Å². The molecule has 0 saturated heterocycles. The first kappa shape index (κ1) is 24.8. The van der Waals surface area contributed by atoms with Gasteiger partial charge in [-0.2, -0.15) is 0 Å². The van der Waals surface area contributed by atoms with E-state index in [0.717, 1.165) is 5.56 Å². The number of nitrogens with zero attached hydrogens (tertiary/aromatic N) is 2. The van der Waals surface area contributed by atoms with Crippen LogP contribution < -0.4 is 16.6 Å². The molecule has 0 saturated carbocycles. The Morgan fingerprint density at radius 2 is 1.84 bits per heavy atom. The maximum Gasteiger partial charge on any atom is 0.329 e. The Balaban J connectivity index is 2.18. The Kier molecular flexibility index (Phi) is 8.75. The van der Waals surface area contributed by atoms with Crippen LogP contribution in [0.3, 0.4) is 0 Å². The molecule has 2 rings (SSSR count). The summed E-state index contributed by atoms with van der Waals surface area (Å²) in [7, 11) is 0. The van der Waals surface area contributed by atoms with Crippen LogP contribution in [0.2, 0.25) is 0 Å². The molecule has 1 aromatic heterocycles. The molecule has 1 amide bonds. The maximum absolute atomic E-state index is 12.9. The molecular weight excluding hydrogens is 408 g/mol. The highest BCUT2D eigenvalue weighted by Gasteiger charge is 2.27. The lowest BCUT2D eigenvalue weighted by Gasteiger charge is -2.24. The molecule has 0 fully saturated rings. The number of rotatable bonds is 9. The van der Waals surface area contributed by atoms with Gasteiger partial charge >= 0.3 is 5.97 Å². The van der Waals surface area contributed by atoms with Crippen LogP contribution in [-0.2, 0) is 16.1 Å². The van der Waals surface area contributed by atoms with E-state index in [-0.39, 0.29) is 5.56 Å². The lowest BCUT2D eigenvalue weighted by molar-refractivity contribution is -0.157. The van der Waals surface area contributed by atoms with E-state index < -0.39 is 29.1 Å². The molecule has 0 aliphatic rings.